The summed E-state index contributed by atoms with van der Waals surface area (Å²) in [5.74, 6) is 1.14. The van der Waals surface area contributed by atoms with Crippen LogP contribution in [0.15, 0.2) is 23.2 Å². The SMILES string of the molecule is CCOc1cccc(CNC2=NCCN2C)c1OC(F)F.I. The largest absolute Gasteiger partial charge is 0.490 e. The maximum Gasteiger partial charge on any atom is 0.387 e. The van der Waals surface area contributed by atoms with Crippen molar-refractivity contribution in [3.05, 3.63) is 23.8 Å². The van der Waals surface area contributed by atoms with Crippen molar-refractivity contribution in [3.63, 3.8) is 0 Å². The van der Waals surface area contributed by atoms with Crippen LogP contribution in [-0.2, 0) is 6.54 Å². The Morgan fingerprint density at radius 2 is 2.18 bits per heavy atom. The Bertz CT molecular complexity index is 515. The summed E-state index contributed by atoms with van der Waals surface area (Å²) in [5, 5.41) is 3.13. The van der Waals surface area contributed by atoms with Gasteiger partial charge < -0.3 is 19.7 Å². The fourth-order valence-electron chi connectivity index (χ4n) is 2.09. The molecular formula is C14H20F2IN3O2. The van der Waals surface area contributed by atoms with Crippen molar-refractivity contribution in [2.75, 3.05) is 26.7 Å². The zero-order valence-corrected chi connectivity index (χ0v) is 14.8. The molecule has 1 aliphatic rings. The lowest BCUT2D eigenvalue weighted by atomic mass is 10.2. The molecule has 1 aromatic carbocycles. The van der Waals surface area contributed by atoms with E-state index in [2.05, 4.69) is 15.0 Å². The van der Waals surface area contributed by atoms with Crippen LogP contribution < -0.4 is 14.8 Å². The number of para-hydroxylation sites is 1. The molecule has 1 heterocycles. The first-order valence-electron chi connectivity index (χ1n) is 6.80. The van der Waals surface area contributed by atoms with Gasteiger partial charge in [0.05, 0.1) is 13.2 Å². The van der Waals surface area contributed by atoms with Gasteiger partial charge in [-0.15, -0.1) is 24.0 Å². The van der Waals surface area contributed by atoms with Crippen LogP contribution in [0.5, 0.6) is 11.5 Å². The molecule has 0 saturated heterocycles. The quantitative estimate of drug-likeness (QED) is 0.710. The van der Waals surface area contributed by atoms with Crippen molar-refractivity contribution in [2.45, 2.75) is 20.1 Å². The van der Waals surface area contributed by atoms with Gasteiger partial charge in [0.25, 0.3) is 0 Å². The van der Waals surface area contributed by atoms with Gasteiger partial charge in [0, 0.05) is 25.7 Å². The fraction of sp³-hybridized carbons (Fsp3) is 0.500. The van der Waals surface area contributed by atoms with E-state index in [1.807, 2.05) is 11.9 Å². The van der Waals surface area contributed by atoms with Crippen molar-refractivity contribution in [1.29, 1.82) is 0 Å². The number of nitrogens with zero attached hydrogens (tertiary/aromatic N) is 2. The molecule has 8 heteroatoms. The molecule has 5 nitrogen and oxygen atoms in total. The van der Waals surface area contributed by atoms with Gasteiger partial charge in [-0.25, -0.2) is 0 Å². The number of benzene rings is 1. The summed E-state index contributed by atoms with van der Waals surface area (Å²) >= 11 is 0. The minimum atomic E-state index is -2.89. The zero-order chi connectivity index (χ0) is 15.2. The predicted octanol–water partition coefficient (Wildman–Crippen LogP) is 2.70. The molecule has 2 rings (SSSR count). The average molecular weight is 427 g/mol. The molecule has 1 N–H and O–H groups in total. The Morgan fingerprint density at radius 1 is 1.41 bits per heavy atom. The number of halogens is 3. The standard InChI is InChI=1S/C14H19F2N3O2.HI/c1-3-20-11-6-4-5-10(12(11)21-13(15)16)9-18-14-17-7-8-19(14)2;/h4-6,13H,3,7-9H2,1-2H3,(H,17,18);1H. The Balaban J connectivity index is 0.00000242. The first kappa shape index (κ1) is 18.7. The van der Waals surface area contributed by atoms with E-state index in [9.17, 15) is 8.78 Å². The van der Waals surface area contributed by atoms with Crippen LogP contribution in [0.3, 0.4) is 0 Å². The number of alkyl halides is 2. The monoisotopic (exact) mass is 427 g/mol. The van der Waals surface area contributed by atoms with E-state index in [1.54, 1.807) is 25.1 Å². The number of nitrogens with one attached hydrogen (secondary N) is 1. The minimum absolute atomic E-state index is 0. The third-order valence-corrected chi connectivity index (χ3v) is 3.06. The van der Waals surface area contributed by atoms with E-state index in [4.69, 9.17) is 4.74 Å². The van der Waals surface area contributed by atoms with Gasteiger partial charge in [-0.1, -0.05) is 12.1 Å². The smallest absolute Gasteiger partial charge is 0.387 e. The van der Waals surface area contributed by atoms with Gasteiger partial charge in [-0.2, -0.15) is 8.78 Å². The summed E-state index contributed by atoms with van der Waals surface area (Å²) in [7, 11) is 1.92. The summed E-state index contributed by atoms with van der Waals surface area (Å²) < 4.78 is 35.2. The van der Waals surface area contributed by atoms with Gasteiger partial charge in [0.1, 0.15) is 0 Å². The molecule has 0 fully saturated rings. The molecule has 0 atom stereocenters. The molecule has 0 radical (unpaired) electrons. The first-order chi connectivity index (χ1) is 10.1. The number of hydrogen-bond acceptors (Lipinski definition) is 5. The number of hydrogen-bond donors (Lipinski definition) is 1. The zero-order valence-electron chi connectivity index (χ0n) is 12.5. The number of rotatable bonds is 6. The molecule has 0 saturated carbocycles. The van der Waals surface area contributed by atoms with Gasteiger partial charge in [0.2, 0.25) is 0 Å². The third kappa shape index (κ3) is 4.85. The normalized spacial score (nSPS) is 13.7. The van der Waals surface area contributed by atoms with Crippen LogP contribution in [0, 0.1) is 0 Å². The van der Waals surface area contributed by atoms with E-state index in [-0.39, 0.29) is 29.7 Å². The Kier molecular flexibility index (Phi) is 7.63. The highest BCUT2D eigenvalue weighted by Gasteiger charge is 2.17. The number of guanidine groups is 1. The summed E-state index contributed by atoms with van der Waals surface area (Å²) in [4.78, 5) is 6.26. The fourth-order valence-corrected chi connectivity index (χ4v) is 2.09. The van der Waals surface area contributed by atoms with Crippen molar-refractivity contribution < 1.29 is 18.3 Å². The van der Waals surface area contributed by atoms with Crippen LogP contribution in [0.4, 0.5) is 8.78 Å². The summed E-state index contributed by atoms with van der Waals surface area (Å²) in [6.45, 7) is 1.20. The lowest BCUT2D eigenvalue weighted by molar-refractivity contribution is -0.0520. The van der Waals surface area contributed by atoms with Crippen LogP contribution in [0.25, 0.3) is 0 Å². The van der Waals surface area contributed by atoms with E-state index in [0.29, 0.717) is 24.5 Å². The first-order valence-corrected chi connectivity index (χ1v) is 6.80. The second kappa shape index (κ2) is 8.96. The Morgan fingerprint density at radius 3 is 2.77 bits per heavy atom. The summed E-state index contributed by atoms with van der Waals surface area (Å²) in [6.07, 6.45) is 0. The second-order valence-electron chi connectivity index (χ2n) is 4.54. The molecule has 1 aromatic rings. The highest BCUT2D eigenvalue weighted by atomic mass is 127. The average Bonchev–Trinajstić information content (AvgIpc) is 2.84. The lowest BCUT2D eigenvalue weighted by Gasteiger charge is -2.18. The molecule has 0 aromatic heterocycles. The topological polar surface area (TPSA) is 46.1 Å². The maximum absolute atomic E-state index is 12.6. The molecule has 22 heavy (non-hydrogen) atoms. The van der Waals surface area contributed by atoms with Crippen molar-refractivity contribution in [3.8, 4) is 11.5 Å². The van der Waals surface area contributed by atoms with Crippen LogP contribution in [0.1, 0.15) is 12.5 Å². The predicted molar refractivity (Wildman–Crippen MR) is 91.4 cm³/mol. The van der Waals surface area contributed by atoms with Gasteiger partial charge in [0.15, 0.2) is 17.5 Å². The molecule has 0 aliphatic carbocycles. The molecule has 0 unspecified atom stereocenters. The number of aliphatic imine (C=N–C) groups is 1. The maximum atomic E-state index is 12.6. The van der Waals surface area contributed by atoms with E-state index in [0.717, 1.165) is 19.0 Å². The van der Waals surface area contributed by atoms with Gasteiger partial charge >= 0.3 is 6.61 Å². The lowest BCUT2D eigenvalue weighted by Crippen LogP contribution is -2.35. The van der Waals surface area contributed by atoms with Crippen molar-refractivity contribution in [2.24, 2.45) is 4.99 Å². The molecule has 0 spiro atoms. The van der Waals surface area contributed by atoms with Gasteiger partial charge in [-0.3, -0.25) is 4.99 Å². The minimum Gasteiger partial charge on any atom is -0.490 e. The van der Waals surface area contributed by atoms with E-state index in [1.165, 1.54) is 0 Å². The molecule has 1 aliphatic heterocycles. The molecule has 0 amide bonds. The van der Waals surface area contributed by atoms with Crippen molar-refractivity contribution in [1.82, 2.24) is 10.2 Å². The number of ether oxygens (including phenoxy) is 2. The van der Waals surface area contributed by atoms with E-state index >= 15 is 0 Å². The Hall–Kier alpha value is -1.32. The van der Waals surface area contributed by atoms with Crippen LogP contribution >= 0.6 is 24.0 Å². The summed E-state index contributed by atoms with van der Waals surface area (Å²) in [5.41, 5.74) is 0.601. The molecule has 0 bridgehead atoms. The van der Waals surface area contributed by atoms with E-state index < -0.39 is 6.61 Å². The highest BCUT2D eigenvalue weighted by Crippen LogP contribution is 2.32. The second-order valence-corrected chi connectivity index (χ2v) is 4.54. The van der Waals surface area contributed by atoms with Gasteiger partial charge in [-0.05, 0) is 13.0 Å². The summed E-state index contributed by atoms with van der Waals surface area (Å²) in [6, 6.07) is 5.09. The molecular weight excluding hydrogens is 407 g/mol. The highest BCUT2D eigenvalue weighted by molar-refractivity contribution is 14.0. The molecule has 124 valence electrons. The number of likely N-dealkylation sites (N-methyl/N-ethyl adjacent to an activating group) is 1. The Labute approximate surface area is 145 Å². The van der Waals surface area contributed by atoms with Crippen LogP contribution in [-0.4, -0.2) is 44.2 Å². The van der Waals surface area contributed by atoms with Crippen molar-refractivity contribution >= 4 is 29.9 Å². The third-order valence-electron chi connectivity index (χ3n) is 3.06. The van der Waals surface area contributed by atoms with Crippen LogP contribution in [0.2, 0.25) is 0 Å².